The van der Waals surface area contributed by atoms with Crippen molar-refractivity contribution >= 4 is 29.0 Å². The zero-order valence-corrected chi connectivity index (χ0v) is 14.0. The summed E-state index contributed by atoms with van der Waals surface area (Å²) < 4.78 is 5.11. The van der Waals surface area contributed by atoms with E-state index in [0.717, 1.165) is 18.5 Å². The number of halogens is 1. The largest absolute Gasteiger partial charge is 0.495 e. The second-order valence-corrected chi connectivity index (χ2v) is 5.42. The number of ether oxygens (including phenoxy) is 1. The summed E-state index contributed by atoms with van der Waals surface area (Å²) in [5.41, 5.74) is 1.34. The fraction of sp³-hybridized carbons (Fsp3) is 0.294. The van der Waals surface area contributed by atoms with E-state index < -0.39 is 0 Å². The Morgan fingerprint density at radius 1 is 1.30 bits per heavy atom. The maximum atomic E-state index is 11.9. The van der Waals surface area contributed by atoms with E-state index in [1.54, 1.807) is 37.6 Å². The minimum atomic E-state index is -0.106. The molecule has 0 unspecified atom stereocenters. The van der Waals surface area contributed by atoms with Crippen LogP contribution in [0.25, 0.3) is 0 Å². The van der Waals surface area contributed by atoms with Gasteiger partial charge in [-0.3, -0.25) is 4.79 Å². The van der Waals surface area contributed by atoms with Gasteiger partial charge >= 0.3 is 0 Å². The predicted octanol–water partition coefficient (Wildman–Crippen LogP) is 4.02. The number of nitrogens with zero attached hydrogens (tertiary/aromatic N) is 1. The number of hydrogen-bond acceptors (Lipinski definition) is 4. The van der Waals surface area contributed by atoms with Crippen LogP contribution in [0.3, 0.4) is 0 Å². The van der Waals surface area contributed by atoms with Crippen LogP contribution in [0.1, 0.15) is 30.1 Å². The van der Waals surface area contributed by atoms with Gasteiger partial charge in [0.25, 0.3) is 5.91 Å². The van der Waals surface area contributed by atoms with Crippen molar-refractivity contribution in [2.24, 2.45) is 0 Å². The van der Waals surface area contributed by atoms with Gasteiger partial charge in [-0.2, -0.15) is 0 Å². The third-order valence-electron chi connectivity index (χ3n) is 3.27. The Bertz CT molecular complexity index is 659. The molecule has 1 amide bonds. The molecule has 5 nitrogen and oxygen atoms in total. The molecule has 23 heavy (non-hydrogen) atoms. The second kappa shape index (κ2) is 8.39. The predicted molar refractivity (Wildman–Crippen MR) is 92.8 cm³/mol. The van der Waals surface area contributed by atoms with Crippen molar-refractivity contribution in [1.82, 2.24) is 10.3 Å². The third kappa shape index (κ3) is 4.86. The first kappa shape index (κ1) is 17.1. The highest BCUT2D eigenvalue weighted by Crippen LogP contribution is 2.28. The quantitative estimate of drug-likeness (QED) is 0.751. The number of hydrogen-bond donors (Lipinski definition) is 2. The molecule has 0 aliphatic heterocycles. The summed E-state index contributed by atoms with van der Waals surface area (Å²) in [5, 5.41) is 6.51. The molecule has 1 aromatic carbocycles. The lowest BCUT2D eigenvalue weighted by Crippen LogP contribution is -2.24. The van der Waals surface area contributed by atoms with E-state index in [4.69, 9.17) is 16.3 Å². The van der Waals surface area contributed by atoms with Crippen molar-refractivity contribution in [3.8, 4) is 5.75 Å². The van der Waals surface area contributed by atoms with Crippen LogP contribution >= 0.6 is 11.6 Å². The first-order valence-corrected chi connectivity index (χ1v) is 7.86. The summed E-state index contributed by atoms with van der Waals surface area (Å²) >= 11 is 6.08. The number of carbonyl (C=O) groups excluding carboxylic acids is 1. The van der Waals surface area contributed by atoms with E-state index in [-0.39, 0.29) is 5.91 Å². The van der Waals surface area contributed by atoms with Crippen LogP contribution < -0.4 is 15.4 Å². The van der Waals surface area contributed by atoms with Gasteiger partial charge in [0.15, 0.2) is 0 Å². The molecule has 0 aliphatic rings. The molecule has 122 valence electrons. The minimum Gasteiger partial charge on any atom is -0.495 e. The van der Waals surface area contributed by atoms with Crippen LogP contribution in [0, 0.1) is 0 Å². The number of unbranched alkanes of at least 4 members (excludes halogenated alkanes) is 1. The standard InChI is InChI=1S/C17H20ClN3O2/c1-3-4-9-19-17(22)12-5-8-16(20-11-12)21-13-6-7-15(23-2)14(18)10-13/h5-8,10-11H,3-4,9H2,1-2H3,(H,19,22)(H,20,21). The highest BCUT2D eigenvalue weighted by atomic mass is 35.5. The highest BCUT2D eigenvalue weighted by molar-refractivity contribution is 6.32. The zero-order chi connectivity index (χ0) is 16.7. The van der Waals surface area contributed by atoms with Crippen molar-refractivity contribution in [2.45, 2.75) is 19.8 Å². The van der Waals surface area contributed by atoms with Crippen LogP contribution in [-0.4, -0.2) is 24.5 Å². The normalized spacial score (nSPS) is 10.2. The molecule has 0 radical (unpaired) electrons. The molecule has 0 spiro atoms. The Balaban J connectivity index is 1.99. The topological polar surface area (TPSA) is 63.2 Å². The average molecular weight is 334 g/mol. The third-order valence-corrected chi connectivity index (χ3v) is 3.56. The summed E-state index contributed by atoms with van der Waals surface area (Å²) in [4.78, 5) is 16.2. The molecule has 0 saturated heterocycles. The van der Waals surface area contributed by atoms with E-state index in [1.165, 1.54) is 0 Å². The summed E-state index contributed by atoms with van der Waals surface area (Å²) in [5.74, 6) is 1.14. The second-order valence-electron chi connectivity index (χ2n) is 5.02. The summed E-state index contributed by atoms with van der Waals surface area (Å²) in [7, 11) is 1.57. The zero-order valence-electron chi connectivity index (χ0n) is 13.2. The number of rotatable bonds is 7. The summed E-state index contributed by atoms with van der Waals surface area (Å²) in [6, 6.07) is 8.88. The van der Waals surface area contributed by atoms with Crippen molar-refractivity contribution < 1.29 is 9.53 Å². The Kier molecular flexibility index (Phi) is 6.23. The highest BCUT2D eigenvalue weighted by Gasteiger charge is 2.06. The van der Waals surface area contributed by atoms with Gasteiger partial charge in [0.05, 0.1) is 17.7 Å². The first-order valence-electron chi connectivity index (χ1n) is 7.49. The molecule has 2 aromatic rings. The number of nitrogens with one attached hydrogen (secondary N) is 2. The number of methoxy groups -OCH3 is 1. The molecule has 1 aromatic heterocycles. The van der Waals surface area contributed by atoms with Crippen molar-refractivity contribution in [1.29, 1.82) is 0 Å². The van der Waals surface area contributed by atoms with Gasteiger partial charge < -0.3 is 15.4 Å². The molecule has 0 fully saturated rings. The smallest absolute Gasteiger partial charge is 0.252 e. The molecule has 6 heteroatoms. The number of carbonyl (C=O) groups is 1. The molecular weight excluding hydrogens is 314 g/mol. The van der Waals surface area contributed by atoms with Gasteiger partial charge in [-0.1, -0.05) is 24.9 Å². The van der Waals surface area contributed by atoms with Crippen LogP contribution in [0.5, 0.6) is 5.75 Å². The maximum absolute atomic E-state index is 11.9. The van der Waals surface area contributed by atoms with E-state index in [9.17, 15) is 4.79 Å². The van der Waals surface area contributed by atoms with Crippen LogP contribution in [-0.2, 0) is 0 Å². The monoisotopic (exact) mass is 333 g/mol. The Morgan fingerprint density at radius 3 is 2.74 bits per heavy atom. The van der Waals surface area contributed by atoms with E-state index in [1.807, 2.05) is 6.07 Å². The fourth-order valence-electron chi connectivity index (χ4n) is 1.97. The van der Waals surface area contributed by atoms with Gasteiger partial charge in [-0.05, 0) is 36.8 Å². The van der Waals surface area contributed by atoms with Crippen molar-refractivity contribution in [2.75, 3.05) is 19.0 Å². The maximum Gasteiger partial charge on any atom is 0.252 e. The number of aromatic nitrogens is 1. The van der Waals surface area contributed by atoms with Gasteiger partial charge in [-0.15, -0.1) is 0 Å². The fourth-order valence-corrected chi connectivity index (χ4v) is 2.23. The van der Waals surface area contributed by atoms with E-state index in [0.29, 0.717) is 28.7 Å². The van der Waals surface area contributed by atoms with Gasteiger partial charge in [0.2, 0.25) is 0 Å². The van der Waals surface area contributed by atoms with Gasteiger partial charge in [-0.25, -0.2) is 4.98 Å². The molecule has 0 atom stereocenters. The lowest BCUT2D eigenvalue weighted by Gasteiger charge is -2.09. The van der Waals surface area contributed by atoms with E-state index >= 15 is 0 Å². The van der Waals surface area contributed by atoms with E-state index in [2.05, 4.69) is 22.5 Å². The lowest BCUT2D eigenvalue weighted by atomic mass is 10.2. The number of pyridine rings is 1. The molecule has 0 aliphatic carbocycles. The van der Waals surface area contributed by atoms with Crippen molar-refractivity contribution in [3.63, 3.8) is 0 Å². The minimum absolute atomic E-state index is 0.106. The summed E-state index contributed by atoms with van der Waals surface area (Å²) in [6.45, 7) is 2.76. The Hall–Kier alpha value is -2.27. The molecule has 1 heterocycles. The summed E-state index contributed by atoms with van der Waals surface area (Å²) in [6.07, 6.45) is 3.57. The number of amides is 1. The van der Waals surface area contributed by atoms with Crippen LogP contribution in [0.2, 0.25) is 5.02 Å². The first-order chi connectivity index (χ1) is 11.1. The molecular formula is C17H20ClN3O2. The van der Waals surface area contributed by atoms with Gasteiger partial charge in [0, 0.05) is 18.4 Å². The molecule has 0 bridgehead atoms. The SMILES string of the molecule is CCCCNC(=O)c1ccc(Nc2ccc(OC)c(Cl)c2)nc1. The molecule has 2 N–H and O–H groups in total. The van der Waals surface area contributed by atoms with Gasteiger partial charge in [0.1, 0.15) is 11.6 Å². The Labute approximate surface area is 141 Å². The van der Waals surface area contributed by atoms with Crippen LogP contribution in [0.4, 0.5) is 11.5 Å². The van der Waals surface area contributed by atoms with Crippen LogP contribution in [0.15, 0.2) is 36.5 Å². The number of benzene rings is 1. The number of anilines is 2. The lowest BCUT2D eigenvalue weighted by molar-refractivity contribution is 0.0953. The molecule has 2 rings (SSSR count). The average Bonchev–Trinajstić information content (AvgIpc) is 2.56. The Morgan fingerprint density at radius 2 is 2.13 bits per heavy atom. The van der Waals surface area contributed by atoms with Crippen molar-refractivity contribution in [3.05, 3.63) is 47.1 Å². The molecule has 0 saturated carbocycles.